The molecule has 0 radical (unpaired) electrons. The summed E-state index contributed by atoms with van der Waals surface area (Å²) in [5, 5.41) is 2.21. The first kappa shape index (κ1) is 27.5. The molecule has 0 saturated carbocycles. The van der Waals surface area contributed by atoms with Crippen LogP contribution in [0.2, 0.25) is 0 Å². The highest BCUT2D eigenvalue weighted by molar-refractivity contribution is 6.14. The van der Waals surface area contributed by atoms with Gasteiger partial charge in [-0.05, 0) is 93.0 Å². The minimum absolute atomic E-state index is 0.160. The molecule has 0 spiro atoms. The molecule has 2 nitrogen and oxygen atoms in total. The van der Waals surface area contributed by atoms with E-state index in [1.165, 1.54) is 44.5 Å². The van der Waals surface area contributed by atoms with Crippen LogP contribution in [-0.2, 0) is 5.41 Å². The van der Waals surface area contributed by atoms with E-state index in [1.54, 1.807) is 0 Å². The molecule has 0 unspecified atom stereocenters. The third-order valence-electron chi connectivity index (χ3n) is 9.84. The molecule has 0 atom stereocenters. The zero-order chi connectivity index (χ0) is 31.5. The van der Waals surface area contributed by atoms with Crippen molar-refractivity contribution < 1.29 is 4.42 Å². The van der Waals surface area contributed by atoms with Crippen molar-refractivity contribution >= 4 is 39.0 Å². The lowest BCUT2D eigenvalue weighted by Gasteiger charge is -2.29. The van der Waals surface area contributed by atoms with E-state index in [2.05, 4.69) is 183 Å². The van der Waals surface area contributed by atoms with Crippen LogP contribution >= 0.6 is 0 Å². The van der Waals surface area contributed by atoms with Crippen molar-refractivity contribution in [3.8, 4) is 33.4 Å². The van der Waals surface area contributed by atoms with Gasteiger partial charge in [0.1, 0.15) is 11.2 Å². The van der Waals surface area contributed by atoms with Crippen molar-refractivity contribution in [2.24, 2.45) is 0 Å². The zero-order valence-electron chi connectivity index (χ0n) is 26.4. The van der Waals surface area contributed by atoms with E-state index in [0.717, 1.165) is 39.0 Å². The molecular formula is C45H33NO. The lowest BCUT2D eigenvalue weighted by atomic mass is 9.81. The lowest BCUT2D eigenvalue weighted by Crippen LogP contribution is -2.17. The van der Waals surface area contributed by atoms with E-state index in [1.807, 2.05) is 0 Å². The van der Waals surface area contributed by atoms with Gasteiger partial charge in [0.2, 0.25) is 0 Å². The maximum Gasteiger partial charge on any atom is 0.137 e. The van der Waals surface area contributed by atoms with E-state index in [4.69, 9.17) is 4.42 Å². The summed E-state index contributed by atoms with van der Waals surface area (Å²) in [7, 11) is 0. The van der Waals surface area contributed by atoms with Crippen LogP contribution in [0.1, 0.15) is 25.0 Å². The number of nitrogens with zero attached hydrogens (tertiary/aromatic N) is 1. The van der Waals surface area contributed by atoms with Gasteiger partial charge in [0.05, 0.1) is 11.1 Å². The highest BCUT2D eigenvalue weighted by atomic mass is 16.3. The van der Waals surface area contributed by atoms with Crippen molar-refractivity contribution in [3.63, 3.8) is 0 Å². The van der Waals surface area contributed by atoms with Crippen LogP contribution in [0.15, 0.2) is 168 Å². The highest BCUT2D eigenvalue weighted by Gasteiger charge is 2.38. The van der Waals surface area contributed by atoms with Gasteiger partial charge in [-0.25, -0.2) is 0 Å². The minimum atomic E-state index is -0.160. The van der Waals surface area contributed by atoms with Crippen LogP contribution in [0.3, 0.4) is 0 Å². The van der Waals surface area contributed by atoms with Crippen LogP contribution in [0.4, 0.5) is 17.1 Å². The van der Waals surface area contributed by atoms with E-state index < -0.39 is 0 Å². The van der Waals surface area contributed by atoms with Gasteiger partial charge < -0.3 is 9.32 Å². The van der Waals surface area contributed by atoms with Crippen LogP contribution in [0.5, 0.6) is 0 Å². The molecule has 224 valence electrons. The van der Waals surface area contributed by atoms with Crippen LogP contribution in [0, 0.1) is 0 Å². The van der Waals surface area contributed by atoms with Crippen molar-refractivity contribution in [1.29, 1.82) is 0 Å². The largest absolute Gasteiger partial charge is 0.456 e. The molecular weight excluding hydrogens is 571 g/mol. The van der Waals surface area contributed by atoms with Crippen LogP contribution < -0.4 is 4.90 Å². The molecule has 0 saturated heterocycles. The maximum atomic E-state index is 6.52. The summed E-state index contributed by atoms with van der Waals surface area (Å²) in [6.07, 6.45) is 0. The third-order valence-corrected chi connectivity index (χ3v) is 9.84. The summed E-state index contributed by atoms with van der Waals surface area (Å²) in [5.41, 5.74) is 15.1. The number of anilines is 3. The standard InChI is InChI=1S/C45H33NO/c1-45(2)38-22-13-12-21-35(38)43-36(31-17-8-4-9-18-31)28-34(29-39(43)45)46(33-19-10-5-11-20-33)40-23-14-24-42-44(40)37-27-32(25-26-41(37)47-42)30-15-6-3-7-16-30/h3-29H,1-2H3. The van der Waals surface area contributed by atoms with Crippen molar-refractivity contribution in [3.05, 3.63) is 175 Å². The summed E-state index contributed by atoms with van der Waals surface area (Å²) in [5.74, 6) is 0. The van der Waals surface area contributed by atoms with Gasteiger partial charge in [0.15, 0.2) is 0 Å². The molecule has 1 aliphatic carbocycles. The Balaban J connectivity index is 1.35. The Labute approximate surface area is 275 Å². The molecule has 0 amide bonds. The first-order valence-electron chi connectivity index (χ1n) is 16.3. The van der Waals surface area contributed by atoms with Crippen LogP contribution in [-0.4, -0.2) is 0 Å². The summed E-state index contributed by atoms with van der Waals surface area (Å²) in [6.45, 7) is 4.72. The second kappa shape index (κ2) is 10.6. The molecule has 2 heteroatoms. The number of rotatable bonds is 5. The van der Waals surface area contributed by atoms with Gasteiger partial charge in [0.25, 0.3) is 0 Å². The molecule has 47 heavy (non-hydrogen) atoms. The number of furan rings is 1. The van der Waals surface area contributed by atoms with E-state index in [9.17, 15) is 0 Å². The zero-order valence-corrected chi connectivity index (χ0v) is 26.4. The van der Waals surface area contributed by atoms with Crippen molar-refractivity contribution in [1.82, 2.24) is 0 Å². The normalized spacial score (nSPS) is 13.1. The molecule has 7 aromatic carbocycles. The molecule has 1 aromatic heterocycles. The van der Waals surface area contributed by atoms with E-state index in [-0.39, 0.29) is 5.41 Å². The molecule has 1 aliphatic rings. The topological polar surface area (TPSA) is 16.4 Å². The number of para-hydroxylation sites is 1. The average Bonchev–Trinajstić information content (AvgIpc) is 3.61. The number of fused-ring (bicyclic) bond motifs is 6. The predicted molar refractivity (Wildman–Crippen MR) is 197 cm³/mol. The number of hydrogen-bond donors (Lipinski definition) is 0. The lowest BCUT2D eigenvalue weighted by molar-refractivity contribution is 0.660. The number of benzene rings is 7. The SMILES string of the molecule is CC1(C)c2ccccc2-c2c(-c3ccccc3)cc(N(c3ccccc3)c3cccc4oc5ccc(-c6ccccc6)cc5c34)cc21. The molecule has 1 heterocycles. The Hall–Kier alpha value is -5.86. The number of hydrogen-bond acceptors (Lipinski definition) is 2. The molecule has 0 aliphatic heterocycles. The third kappa shape index (κ3) is 4.33. The van der Waals surface area contributed by atoms with Crippen molar-refractivity contribution in [2.45, 2.75) is 19.3 Å². The fraction of sp³-hybridized carbons (Fsp3) is 0.0667. The van der Waals surface area contributed by atoms with Gasteiger partial charge in [-0.2, -0.15) is 0 Å². The van der Waals surface area contributed by atoms with E-state index >= 15 is 0 Å². The molecule has 0 N–H and O–H groups in total. The molecule has 0 bridgehead atoms. The van der Waals surface area contributed by atoms with Gasteiger partial charge >= 0.3 is 0 Å². The molecule has 9 rings (SSSR count). The Morgan fingerprint density at radius 1 is 0.468 bits per heavy atom. The monoisotopic (exact) mass is 603 g/mol. The second-order valence-corrected chi connectivity index (χ2v) is 13.0. The van der Waals surface area contributed by atoms with Gasteiger partial charge in [-0.1, -0.05) is 129 Å². The molecule has 8 aromatic rings. The summed E-state index contributed by atoms with van der Waals surface area (Å²) in [4.78, 5) is 2.41. The second-order valence-electron chi connectivity index (χ2n) is 13.0. The van der Waals surface area contributed by atoms with Gasteiger partial charge in [0, 0.05) is 22.2 Å². The fourth-order valence-corrected chi connectivity index (χ4v) is 7.58. The Morgan fingerprint density at radius 2 is 1.15 bits per heavy atom. The minimum Gasteiger partial charge on any atom is -0.456 e. The first-order valence-corrected chi connectivity index (χ1v) is 16.3. The van der Waals surface area contributed by atoms with Crippen LogP contribution in [0.25, 0.3) is 55.3 Å². The first-order chi connectivity index (χ1) is 23.1. The Kier molecular flexibility index (Phi) is 6.20. The maximum absolute atomic E-state index is 6.52. The van der Waals surface area contributed by atoms with E-state index in [0.29, 0.717) is 0 Å². The van der Waals surface area contributed by atoms with Gasteiger partial charge in [-0.15, -0.1) is 0 Å². The summed E-state index contributed by atoms with van der Waals surface area (Å²) in [6, 6.07) is 58.8. The summed E-state index contributed by atoms with van der Waals surface area (Å²) < 4.78 is 6.52. The smallest absolute Gasteiger partial charge is 0.137 e. The van der Waals surface area contributed by atoms with Crippen molar-refractivity contribution in [2.75, 3.05) is 4.90 Å². The average molecular weight is 604 g/mol. The van der Waals surface area contributed by atoms with Gasteiger partial charge in [-0.3, -0.25) is 0 Å². The summed E-state index contributed by atoms with van der Waals surface area (Å²) >= 11 is 0. The Morgan fingerprint density at radius 3 is 1.91 bits per heavy atom. The highest BCUT2D eigenvalue weighted by Crippen LogP contribution is 2.55. The molecule has 0 fully saturated rings. The fourth-order valence-electron chi connectivity index (χ4n) is 7.58. The quantitative estimate of drug-likeness (QED) is 0.195. The Bertz CT molecular complexity index is 2420. The predicted octanol–water partition coefficient (Wildman–Crippen LogP) is 12.7.